The van der Waals surface area contributed by atoms with Crippen LogP contribution in [0.5, 0.6) is 5.75 Å². The van der Waals surface area contributed by atoms with Gasteiger partial charge in [0.1, 0.15) is 12.0 Å². The van der Waals surface area contributed by atoms with Crippen LogP contribution < -0.4 is 4.74 Å². The molecule has 0 aliphatic heterocycles. The molecule has 0 saturated carbocycles. The quantitative estimate of drug-likeness (QED) is 0.697. The van der Waals surface area contributed by atoms with E-state index in [-0.39, 0.29) is 0 Å². The fourth-order valence-corrected chi connectivity index (χ4v) is 0.812. The van der Waals surface area contributed by atoms with E-state index in [4.69, 9.17) is 4.74 Å². The van der Waals surface area contributed by atoms with Crippen LogP contribution in [0.4, 0.5) is 4.39 Å². The lowest BCUT2D eigenvalue weighted by Crippen LogP contribution is -2.03. The lowest BCUT2D eigenvalue weighted by atomic mass is 10.2. The Morgan fingerprint density at radius 2 is 1.79 bits per heavy atom. The molecule has 1 atom stereocenters. The minimum Gasteiger partial charge on any atom is -0.461 e. The highest BCUT2D eigenvalue weighted by Crippen LogP contribution is 2.12. The predicted molar refractivity (Wildman–Crippen MR) is 54.4 cm³/mol. The third-order valence-electron chi connectivity index (χ3n) is 1.31. The number of halogens is 1. The summed E-state index contributed by atoms with van der Waals surface area (Å²) in [5.74, 6) is 0.426. The second-order valence-corrected chi connectivity index (χ2v) is 2.35. The third kappa shape index (κ3) is 4.60. The minimum atomic E-state index is -1.33. The van der Waals surface area contributed by atoms with E-state index in [1.165, 1.54) is 6.92 Å². The number of ether oxygens (including phenoxy) is 1. The summed E-state index contributed by atoms with van der Waals surface area (Å²) in [6.45, 7) is 5.30. The molecule has 1 rings (SSSR count). The summed E-state index contributed by atoms with van der Waals surface area (Å²) < 4.78 is 17.0. The van der Waals surface area contributed by atoms with Crippen molar-refractivity contribution in [2.45, 2.75) is 27.1 Å². The minimum absolute atomic E-state index is 0.426. The average Bonchev–Trinajstić information content (AvgIpc) is 2.21. The largest absolute Gasteiger partial charge is 0.461 e. The molecule has 2 nitrogen and oxygen atoms in total. The van der Waals surface area contributed by atoms with Gasteiger partial charge in [0.15, 0.2) is 0 Å². The zero-order valence-corrected chi connectivity index (χ0v) is 8.66. The van der Waals surface area contributed by atoms with E-state index in [1.807, 2.05) is 13.8 Å². The number of hydrogen-bond acceptors (Lipinski definition) is 2. The molecular weight excluding hydrogens is 183 g/mol. The fourth-order valence-electron chi connectivity index (χ4n) is 0.812. The van der Waals surface area contributed by atoms with Gasteiger partial charge in [-0.15, -0.1) is 0 Å². The Bertz CT molecular complexity index is 254. The van der Waals surface area contributed by atoms with Gasteiger partial charge in [-0.2, -0.15) is 0 Å². The van der Waals surface area contributed by atoms with E-state index < -0.39 is 6.36 Å². The van der Waals surface area contributed by atoms with Crippen molar-refractivity contribution in [3.63, 3.8) is 0 Å². The number of hydrogen-bond donors (Lipinski definition) is 0. The highest BCUT2D eigenvalue weighted by atomic mass is 19.1. The Morgan fingerprint density at radius 1 is 1.29 bits per heavy atom. The number of rotatable bonds is 3. The summed E-state index contributed by atoms with van der Waals surface area (Å²) in [5.41, 5.74) is 0.550. The normalized spacial score (nSPS) is 10.9. The van der Waals surface area contributed by atoms with E-state index >= 15 is 0 Å². The van der Waals surface area contributed by atoms with Crippen molar-refractivity contribution >= 4 is 6.29 Å². The maximum atomic E-state index is 12.3. The van der Waals surface area contributed by atoms with Crippen LogP contribution >= 0.6 is 0 Å². The topological polar surface area (TPSA) is 26.3 Å². The molecule has 0 saturated heterocycles. The molecule has 0 radical (unpaired) electrons. The monoisotopic (exact) mass is 198 g/mol. The number of carbonyl (C=O) groups is 1. The maximum Gasteiger partial charge on any atom is 0.235 e. The van der Waals surface area contributed by atoms with E-state index in [2.05, 4.69) is 0 Å². The van der Waals surface area contributed by atoms with Gasteiger partial charge in [0.25, 0.3) is 0 Å². The van der Waals surface area contributed by atoms with Crippen molar-refractivity contribution in [1.82, 2.24) is 0 Å². The van der Waals surface area contributed by atoms with Crippen LogP contribution in [-0.2, 0) is 0 Å². The molecule has 14 heavy (non-hydrogen) atoms. The Kier molecular flexibility index (Phi) is 6.37. The van der Waals surface area contributed by atoms with Crippen LogP contribution in [0.15, 0.2) is 24.3 Å². The van der Waals surface area contributed by atoms with Crippen LogP contribution in [0.3, 0.4) is 0 Å². The zero-order chi connectivity index (χ0) is 11.0. The molecule has 78 valence electrons. The second-order valence-electron chi connectivity index (χ2n) is 2.35. The van der Waals surface area contributed by atoms with Crippen LogP contribution in [0.1, 0.15) is 31.1 Å². The number of benzene rings is 1. The van der Waals surface area contributed by atoms with Gasteiger partial charge in [0.05, 0.1) is 0 Å². The summed E-state index contributed by atoms with van der Waals surface area (Å²) in [4.78, 5) is 10.2. The fraction of sp³-hybridized carbons (Fsp3) is 0.364. The molecular formula is C11H15FO2. The molecule has 0 aliphatic carbocycles. The van der Waals surface area contributed by atoms with Crippen molar-refractivity contribution in [3.05, 3.63) is 29.8 Å². The summed E-state index contributed by atoms with van der Waals surface area (Å²) in [6, 6.07) is 6.26. The third-order valence-corrected chi connectivity index (χ3v) is 1.31. The van der Waals surface area contributed by atoms with E-state index in [0.29, 0.717) is 11.3 Å². The first-order valence-corrected chi connectivity index (χ1v) is 4.58. The van der Waals surface area contributed by atoms with Gasteiger partial charge in [0, 0.05) is 12.5 Å². The van der Waals surface area contributed by atoms with Gasteiger partial charge >= 0.3 is 0 Å². The van der Waals surface area contributed by atoms with E-state index in [9.17, 15) is 9.18 Å². The first-order valence-electron chi connectivity index (χ1n) is 4.58. The van der Waals surface area contributed by atoms with Gasteiger partial charge in [-0.05, 0) is 24.3 Å². The van der Waals surface area contributed by atoms with E-state index in [1.54, 1.807) is 24.3 Å². The van der Waals surface area contributed by atoms with Crippen molar-refractivity contribution in [2.75, 3.05) is 0 Å². The van der Waals surface area contributed by atoms with Crippen LogP contribution in [-0.4, -0.2) is 12.6 Å². The van der Waals surface area contributed by atoms with Crippen molar-refractivity contribution < 1.29 is 13.9 Å². The van der Waals surface area contributed by atoms with Gasteiger partial charge in [-0.1, -0.05) is 13.8 Å². The average molecular weight is 198 g/mol. The van der Waals surface area contributed by atoms with Crippen molar-refractivity contribution in [3.8, 4) is 5.75 Å². The summed E-state index contributed by atoms with van der Waals surface area (Å²) >= 11 is 0. The summed E-state index contributed by atoms with van der Waals surface area (Å²) in [7, 11) is 0. The molecule has 0 aromatic heterocycles. The second kappa shape index (κ2) is 7.06. The molecule has 0 spiro atoms. The first kappa shape index (κ1) is 12.6. The van der Waals surface area contributed by atoms with Crippen LogP contribution in [0, 0.1) is 0 Å². The molecule has 0 fully saturated rings. The van der Waals surface area contributed by atoms with Crippen molar-refractivity contribution in [2.24, 2.45) is 0 Å². The Hall–Kier alpha value is -1.38. The number of alkyl halides is 1. The molecule has 1 unspecified atom stereocenters. The SMILES string of the molecule is CC.CC(F)Oc1ccc(C=O)cc1. The molecule has 0 bridgehead atoms. The molecule has 1 aromatic carbocycles. The van der Waals surface area contributed by atoms with Gasteiger partial charge in [-0.25, -0.2) is 4.39 Å². The zero-order valence-electron chi connectivity index (χ0n) is 8.66. The Labute approximate surface area is 83.7 Å². The van der Waals surface area contributed by atoms with E-state index in [0.717, 1.165) is 6.29 Å². The highest BCUT2D eigenvalue weighted by molar-refractivity contribution is 5.74. The predicted octanol–water partition coefficient (Wildman–Crippen LogP) is 3.22. The van der Waals surface area contributed by atoms with Gasteiger partial charge < -0.3 is 4.74 Å². The van der Waals surface area contributed by atoms with Gasteiger partial charge in [0.2, 0.25) is 6.36 Å². The Balaban J connectivity index is 0.000000791. The number of carbonyl (C=O) groups excluding carboxylic acids is 1. The Morgan fingerprint density at radius 3 is 2.14 bits per heavy atom. The maximum absolute atomic E-state index is 12.3. The lowest BCUT2D eigenvalue weighted by molar-refractivity contribution is 0.0860. The van der Waals surface area contributed by atoms with Crippen molar-refractivity contribution in [1.29, 1.82) is 0 Å². The van der Waals surface area contributed by atoms with Crippen LogP contribution in [0.25, 0.3) is 0 Å². The van der Waals surface area contributed by atoms with Crippen LogP contribution in [0.2, 0.25) is 0 Å². The van der Waals surface area contributed by atoms with Gasteiger partial charge in [-0.3, -0.25) is 4.79 Å². The molecule has 1 aromatic rings. The lowest BCUT2D eigenvalue weighted by Gasteiger charge is -2.05. The number of aldehydes is 1. The standard InChI is InChI=1S/C9H9FO2.C2H6/c1-7(10)12-9-4-2-8(6-11)3-5-9;1-2/h2-7H,1H3;1-2H3. The smallest absolute Gasteiger partial charge is 0.235 e. The molecule has 0 N–H and O–H groups in total. The molecule has 0 aliphatic rings. The molecule has 0 amide bonds. The summed E-state index contributed by atoms with van der Waals surface area (Å²) in [5, 5.41) is 0. The molecule has 3 heteroatoms. The summed E-state index contributed by atoms with van der Waals surface area (Å²) in [6.07, 6.45) is -0.602. The highest BCUT2D eigenvalue weighted by Gasteiger charge is 1.98. The first-order chi connectivity index (χ1) is 6.72. The molecule has 0 heterocycles.